The second-order valence-corrected chi connectivity index (χ2v) is 5.13. The van der Waals surface area contributed by atoms with Crippen molar-refractivity contribution >= 4 is 23.5 Å². The van der Waals surface area contributed by atoms with Crippen LogP contribution in [-0.4, -0.2) is 24.2 Å². The molecular weight excluding hydrogens is 274 g/mol. The van der Waals surface area contributed by atoms with Gasteiger partial charge in [-0.1, -0.05) is 12.1 Å². The topological polar surface area (TPSA) is 63.6 Å². The largest absolute Gasteiger partial charge is 0.496 e. The van der Waals surface area contributed by atoms with E-state index in [2.05, 4.69) is 15.5 Å². The van der Waals surface area contributed by atoms with Crippen molar-refractivity contribution in [1.82, 2.24) is 10.4 Å². The van der Waals surface area contributed by atoms with Gasteiger partial charge in [-0.05, 0) is 19.1 Å². The van der Waals surface area contributed by atoms with Crippen LogP contribution in [0.5, 0.6) is 5.75 Å². The average Bonchev–Trinajstić information content (AvgIpc) is 2.84. The Balaban J connectivity index is 1.91. The van der Waals surface area contributed by atoms with Gasteiger partial charge in [-0.3, -0.25) is 4.79 Å². The number of benzene rings is 1. The predicted octanol–water partition coefficient (Wildman–Crippen LogP) is 2.15. The van der Waals surface area contributed by atoms with Crippen molar-refractivity contribution < 1.29 is 9.53 Å². The summed E-state index contributed by atoms with van der Waals surface area (Å²) in [6.07, 6.45) is 1.79. The van der Waals surface area contributed by atoms with E-state index >= 15 is 0 Å². The third kappa shape index (κ3) is 3.89. The maximum atomic E-state index is 11.7. The molecule has 0 aliphatic heterocycles. The van der Waals surface area contributed by atoms with Crippen LogP contribution in [0.25, 0.3) is 0 Å². The number of para-hydroxylation sites is 1. The fourth-order valence-corrected chi connectivity index (χ4v) is 2.25. The highest BCUT2D eigenvalue weighted by Gasteiger charge is 2.05. The molecule has 0 fully saturated rings. The Bertz CT molecular complexity index is 622. The van der Waals surface area contributed by atoms with Crippen molar-refractivity contribution in [2.75, 3.05) is 7.11 Å². The van der Waals surface area contributed by atoms with Crippen molar-refractivity contribution in [3.8, 4) is 5.75 Å². The van der Waals surface area contributed by atoms with E-state index in [1.165, 1.54) is 11.3 Å². The van der Waals surface area contributed by atoms with Gasteiger partial charge in [0.1, 0.15) is 5.75 Å². The minimum absolute atomic E-state index is 0.193. The van der Waals surface area contributed by atoms with Crippen LogP contribution >= 0.6 is 11.3 Å². The van der Waals surface area contributed by atoms with Gasteiger partial charge in [0.15, 0.2) is 0 Å². The first-order valence-electron chi connectivity index (χ1n) is 6.05. The number of carbonyl (C=O) groups excluding carboxylic acids is 1. The quantitative estimate of drug-likeness (QED) is 0.677. The van der Waals surface area contributed by atoms with Crippen molar-refractivity contribution in [1.29, 1.82) is 0 Å². The first-order valence-corrected chi connectivity index (χ1v) is 6.93. The molecule has 2 aromatic rings. The maximum Gasteiger partial charge on any atom is 0.246 e. The lowest BCUT2D eigenvalue weighted by molar-refractivity contribution is -0.120. The summed E-state index contributed by atoms with van der Waals surface area (Å²) >= 11 is 1.53. The molecule has 104 valence electrons. The molecule has 0 saturated heterocycles. The van der Waals surface area contributed by atoms with Crippen molar-refractivity contribution in [3.05, 3.63) is 45.9 Å². The number of hydrogen-bond acceptors (Lipinski definition) is 5. The molecule has 1 aromatic heterocycles. The molecule has 1 heterocycles. The molecule has 1 amide bonds. The summed E-state index contributed by atoms with van der Waals surface area (Å²) in [7, 11) is 1.59. The number of carbonyl (C=O) groups is 1. The number of hydrazone groups is 1. The average molecular weight is 289 g/mol. The van der Waals surface area contributed by atoms with E-state index in [4.69, 9.17) is 4.74 Å². The minimum Gasteiger partial charge on any atom is -0.496 e. The third-order valence-corrected chi connectivity index (χ3v) is 3.36. The number of ether oxygens (including phenoxy) is 1. The number of rotatable bonds is 5. The maximum absolute atomic E-state index is 11.7. The molecule has 20 heavy (non-hydrogen) atoms. The van der Waals surface area contributed by atoms with Crippen LogP contribution in [0.3, 0.4) is 0 Å². The zero-order valence-corrected chi connectivity index (χ0v) is 12.1. The predicted molar refractivity (Wildman–Crippen MR) is 79.3 cm³/mol. The fraction of sp³-hybridized carbons (Fsp3) is 0.214. The highest BCUT2D eigenvalue weighted by Crippen LogP contribution is 2.14. The number of thiazole rings is 1. The number of nitrogens with zero attached hydrogens (tertiary/aromatic N) is 2. The van der Waals surface area contributed by atoms with Gasteiger partial charge >= 0.3 is 0 Å². The standard InChI is InChI=1S/C14H15N3O2S/c1-10-16-12(9-20-10)7-14(18)17-15-8-11-5-3-4-6-13(11)19-2/h3-6,8-9H,7H2,1-2H3,(H,17,18)/b15-8-. The van der Waals surface area contributed by atoms with E-state index in [1.54, 1.807) is 13.3 Å². The lowest BCUT2D eigenvalue weighted by Crippen LogP contribution is -2.20. The number of nitrogens with one attached hydrogen (secondary N) is 1. The zero-order chi connectivity index (χ0) is 14.4. The molecule has 0 spiro atoms. The van der Waals surface area contributed by atoms with Crippen molar-refractivity contribution in [2.45, 2.75) is 13.3 Å². The van der Waals surface area contributed by atoms with Crippen LogP contribution < -0.4 is 10.2 Å². The summed E-state index contributed by atoms with van der Waals surface area (Å²) in [5.74, 6) is 0.516. The van der Waals surface area contributed by atoms with E-state index in [0.29, 0.717) is 5.75 Å². The fourth-order valence-electron chi connectivity index (χ4n) is 1.64. The van der Waals surface area contributed by atoms with E-state index in [1.807, 2.05) is 36.6 Å². The molecule has 0 aliphatic carbocycles. The van der Waals surface area contributed by atoms with Gasteiger partial charge < -0.3 is 4.74 Å². The Kier molecular flexibility index (Phi) is 4.84. The molecule has 0 unspecified atom stereocenters. The van der Waals surface area contributed by atoms with Crippen LogP contribution in [0.4, 0.5) is 0 Å². The first kappa shape index (κ1) is 14.2. The summed E-state index contributed by atoms with van der Waals surface area (Å²) in [6, 6.07) is 7.45. The van der Waals surface area contributed by atoms with E-state index in [0.717, 1.165) is 16.3 Å². The van der Waals surface area contributed by atoms with Gasteiger partial charge in [0.25, 0.3) is 0 Å². The van der Waals surface area contributed by atoms with Crippen LogP contribution in [0, 0.1) is 6.92 Å². The Morgan fingerprint density at radius 2 is 2.30 bits per heavy atom. The van der Waals surface area contributed by atoms with E-state index < -0.39 is 0 Å². The van der Waals surface area contributed by atoms with Crippen molar-refractivity contribution in [2.24, 2.45) is 5.10 Å². The molecular formula is C14H15N3O2S. The van der Waals surface area contributed by atoms with Crippen LogP contribution in [0.15, 0.2) is 34.7 Å². The Morgan fingerprint density at radius 1 is 1.50 bits per heavy atom. The summed E-state index contributed by atoms with van der Waals surface area (Å²) in [5.41, 5.74) is 4.05. The second-order valence-electron chi connectivity index (χ2n) is 4.07. The highest BCUT2D eigenvalue weighted by atomic mass is 32.1. The van der Waals surface area contributed by atoms with Crippen molar-refractivity contribution in [3.63, 3.8) is 0 Å². The van der Waals surface area contributed by atoms with Gasteiger partial charge in [-0.25, -0.2) is 10.4 Å². The SMILES string of the molecule is COc1ccccc1/C=N\NC(=O)Cc1csc(C)n1. The Hall–Kier alpha value is -2.21. The molecule has 0 atom stereocenters. The summed E-state index contributed by atoms with van der Waals surface area (Å²) in [4.78, 5) is 15.9. The number of aryl methyl sites for hydroxylation is 1. The van der Waals surface area contributed by atoms with Crippen LogP contribution in [0.2, 0.25) is 0 Å². The number of aromatic nitrogens is 1. The van der Waals surface area contributed by atoms with E-state index in [-0.39, 0.29) is 12.3 Å². The molecule has 0 saturated carbocycles. The Labute approximate surface area is 121 Å². The molecule has 2 rings (SSSR count). The van der Waals surface area contributed by atoms with E-state index in [9.17, 15) is 4.79 Å². The number of hydrogen-bond donors (Lipinski definition) is 1. The molecule has 1 N–H and O–H groups in total. The molecule has 0 bridgehead atoms. The molecule has 1 aromatic carbocycles. The molecule has 5 nitrogen and oxygen atoms in total. The highest BCUT2D eigenvalue weighted by molar-refractivity contribution is 7.09. The minimum atomic E-state index is -0.193. The molecule has 6 heteroatoms. The first-order chi connectivity index (χ1) is 9.69. The zero-order valence-electron chi connectivity index (χ0n) is 11.3. The summed E-state index contributed by atoms with van der Waals surface area (Å²) in [6.45, 7) is 1.91. The summed E-state index contributed by atoms with van der Waals surface area (Å²) < 4.78 is 5.19. The lowest BCUT2D eigenvalue weighted by atomic mass is 10.2. The second kappa shape index (κ2) is 6.81. The summed E-state index contributed by atoms with van der Waals surface area (Å²) in [5, 5.41) is 6.75. The van der Waals surface area contributed by atoms with Gasteiger partial charge in [0.05, 0.1) is 30.4 Å². The number of amides is 1. The monoisotopic (exact) mass is 289 g/mol. The molecule has 0 radical (unpaired) electrons. The van der Waals surface area contributed by atoms with Gasteiger partial charge in [0, 0.05) is 10.9 Å². The van der Waals surface area contributed by atoms with Gasteiger partial charge in [0.2, 0.25) is 5.91 Å². The Morgan fingerprint density at radius 3 is 3.00 bits per heavy atom. The smallest absolute Gasteiger partial charge is 0.246 e. The van der Waals surface area contributed by atoms with Crippen LogP contribution in [0.1, 0.15) is 16.3 Å². The number of methoxy groups -OCH3 is 1. The lowest BCUT2D eigenvalue weighted by Gasteiger charge is -2.03. The normalized spacial score (nSPS) is 10.7. The van der Waals surface area contributed by atoms with Gasteiger partial charge in [-0.15, -0.1) is 11.3 Å². The van der Waals surface area contributed by atoms with Crippen LogP contribution in [-0.2, 0) is 11.2 Å². The molecule has 0 aliphatic rings. The third-order valence-electron chi connectivity index (χ3n) is 2.54. The van der Waals surface area contributed by atoms with Gasteiger partial charge in [-0.2, -0.15) is 5.10 Å².